The number of esters is 1. The van der Waals surface area contributed by atoms with Crippen LogP contribution in [0.2, 0.25) is 0 Å². The highest BCUT2D eigenvalue weighted by Gasteiger charge is 2.23. The van der Waals surface area contributed by atoms with Crippen molar-refractivity contribution in [1.82, 2.24) is 9.55 Å². The Hall–Kier alpha value is -4.70. The van der Waals surface area contributed by atoms with Gasteiger partial charge in [-0.05, 0) is 49.2 Å². The lowest BCUT2D eigenvalue weighted by molar-refractivity contribution is -0.141. The summed E-state index contributed by atoms with van der Waals surface area (Å²) in [5, 5.41) is 8.16. The first-order chi connectivity index (χ1) is 18.8. The highest BCUT2D eigenvalue weighted by atomic mass is 35.5. The van der Waals surface area contributed by atoms with Gasteiger partial charge in [-0.1, -0.05) is 24.3 Å². The van der Waals surface area contributed by atoms with Gasteiger partial charge in [0.15, 0.2) is 5.78 Å². The van der Waals surface area contributed by atoms with Crippen LogP contribution in [0.1, 0.15) is 34.8 Å². The van der Waals surface area contributed by atoms with Crippen LogP contribution in [0, 0.1) is 5.41 Å². The van der Waals surface area contributed by atoms with Gasteiger partial charge in [0.05, 0.1) is 18.5 Å². The lowest BCUT2D eigenvalue weighted by Gasteiger charge is -2.20. The van der Waals surface area contributed by atoms with Crippen LogP contribution >= 0.6 is 12.4 Å². The molecular formula is C29H30ClN5O5. The maximum absolute atomic E-state index is 13.2. The second-order valence-corrected chi connectivity index (χ2v) is 8.84. The first kappa shape index (κ1) is 29.9. The van der Waals surface area contributed by atoms with Crippen molar-refractivity contribution in [3.63, 3.8) is 0 Å². The van der Waals surface area contributed by atoms with Crippen molar-refractivity contribution in [2.45, 2.75) is 19.8 Å². The number of nitrogen functional groups attached to an aromatic ring is 1. The van der Waals surface area contributed by atoms with Gasteiger partial charge in [0.25, 0.3) is 0 Å². The lowest BCUT2D eigenvalue weighted by atomic mass is 10.0. The third kappa shape index (κ3) is 7.03. The molecular weight excluding hydrogens is 534 g/mol. The number of amidine groups is 1. The van der Waals surface area contributed by atoms with E-state index in [0.29, 0.717) is 28.6 Å². The number of aryl methyl sites for hydroxylation is 2. The van der Waals surface area contributed by atoms with Gasteiger partial charge in [-0.3, -0.25) is 24.9 Å². The molecule has 4 rings (SSSR count). The van der Waals surface area contributed by atoms with E-state index in [4.69, 9.17) is 20.6 Å². The fraction of sp³-hybridized carbons (Fsp3) is 0.207. The van der Waals surface area contributed by atoms with Gasteiger partial charge in [-0.2, -0.15) is 0 Å². The SMILES string of the molecule is CCOC(=O)CN(C(=O)Oc1ccc2c(c1)c(C(=O)CCc1ccc(C(=N)N)cc1)cn2C)c1cccnc1.Cl. The number of ether oxygens (including phenoxy) is 2. The summed E-state index contributed by atoms with van der Waals surface area (Å²) in [6.07, 6.45) is 4.78. The number of halogens is 1. The molecule has 10 nitrogen and oxygen atoms in total. The monoisotopic (exact) mass is 563 g/mol. The number of nitrogens with zero attached hydrogens (tertiary/aromatic N) is 3. The molecule has 1 amide bonds. The van der Waals surface area contributed by atoms with Crippen LogP contribution in [0.3, 0.4) is 0 Å². The van der Waals surface area contributed by atoms with E-state index in [0.717, 1.165) is 16.0 Å². The molecule has 0 saturated heterocycles. The maximum Gasteiger partial charge on any atom is 0.420 e. The molecule has 11 heteroatoms. The quantitative estimate of drug-likeness (QED) is 0.124. The summed E-state index contributed by atoms with van der Waals surface area (Å²) in [5.41, 5.74) is 8.80. The molecule has 0 aliphatic heterocycles. The minimum absolute atomic E-state index is 0. The Bertz CT molecular complexity index is 1520. The predicted molar refractivity (Wildman–Crippen MR) is 155 cm³/mol. The van der Waals surface area contributed by atoms with Crippen LogP contribution < -0.4 is 15.4 Å². The van der Waals surface area contributed by atoms with Crippen molar-refractivity contribution >= 4 is 52.7 Å². The number of benzene rings is 2. The fourth-order valence-corrected chi connectivity index (χ4v) is 4.17. The van der Waals surface area contributed by atoms with Crippen LogP contribution in [0.4, 0.5) is 10.5 Å². The minimum Gasteiger partial charge on any atom is -0.465 e. The molecule has 40 heavy (non-hydrogen) atoms. The zero-order valence-corrected chi connectivity index (χ0v) is 22.9. The van der Waals surface area contributed by atoms with E-state index in [-0.39, 0.29) is 49.3 Å². The summed E-state index contributed by atoms with van der Waals surface area (Å²) in [6.45, 7) is 1.52. The number of carbonyl (C=O) groups is 3. The summed E-state index contributed by atoms with van der Waals surface area (Å²) in [7, 11) is 1.84. The number of aromatic nitrogens is 2. The topological polar surface area (TPSA) is 141 Å². The molecule has 0 aliphatic rings. The molecule has 2 aromatic heterocycles. The van der Waals surface area contributed by atoms with Gasteiger partial charge in [-0.25, -0.2) is 4.79 Å². The van der Waals surface area contributed by atoms with Crippen molar-refractivity contribution in [2.75, 3.05) is 18.1 Å². The third-order valence-corrected chi connectivity index (χ3v) is 6.14. The Labute approximate surface area is 237 Å². The number of rotatable bonds is 10. The summed E-state index contributed by atoms with van der Waals surface area (Å²) in [4.78, 5) is 43.6. The summed E-state index contributed by atoms with van der Waals surface area (Å²) < 4.78 is 12.5. The van der Waals surface area contributed by atoms with E-state index in [9.17, 15) is 14.4 Å². The molecule has 0 bridgehead atoms. The number of hydrogen-bond acceptors (Lipinski definition) is 7. The largest absolute Gasteiger partial charge is 0.465 e. The normalized spacial score (nSPS) is 10.4. The molecule has 0 aliphatic carbocycles. The summed E-state index contributed by atoms with van der Waals surface area (Å²) in [6, 6.07) is 15.6. The van der Waals surface area contributed by atoms with Gasteiger partial charge in [-0.15, -0.1) is 12.4 Å². The van der Waals surface area contributed by atoms with Crippen LogP contribution in [0.25, 0.3) is 10.9 Å². The predicted octanol–water partition coefficient (Wildman–Crippen LogP) is 4.66. The van der Waals surface area contributed by atoms with Gasteiger partial charge < -0.3 is 19.8 Å². The lowest BCUT2D eigenvalue weighted by Crippen LogP contribution is -2.38. The van der Waals surface area contributed by atoms with E-state index in [1.807, 2.05) is 23.7 Å². The number of fused-ring (bicyclic) bond motifs is 1. The van der Waals surface area contributed by atoms with E-state index < -0.39 is 12.1 Å². The Kier molecular flexibility index (Phi) is 9.99. The number of amides is 1. The Morgan fingerprint density at radius 3 is 2.50 bits per heavy atom. The van der Waals surface area contributed by atoms with Gasteiger partial charge in [0.2, 0.25) is 0 Å². The number of carbonyl (C=O) groups excluding carboxylic acids is 3. The van der Waals surface area contributed by atoms with E-state index in [1.165, 1.54) is 6.20 Å². The van der Waals surface area contributed by atoms with Gasteiger partial charge in [0.1, 0.15) is 18.1 Å². The van der Waals surface area contributed by atoms with E-state index >= 15 is 0 Å². The first-order valence-corrected chi connectivity index (χ1v) is 12.4. The van der Waals surface area contributed by atoms with E-state index in [1.54, 1.807) is 61.8 Å². The molecule has 0 saturated carbocycles. The van der Waals surface area contributed by atoms with Crippen molar-refractivity contribution in [1.29, 1.82) is 5.41 Å². The van der Waals surface area contributed by atoms with E-state index in [2.05, 4.69) is 4.98 Å². The van der Waals surface area contributed by atoms with Gasteiger partial charge >= 0.3 is 12.1 Å². The maximum atomic E-state index is 13.2. The Morgan fingerprint density at radius 1 is 1.10 bits per heavy atom. The molecule has 0 atom stereocenters. The molecule has 0 spiro atoms. The van der Waals surface area contributed by atoms with Crippen molar-refractivity contribution in [2.24, 2.45) is 12.8 Å². The second-order valence-electron chi connectivity index (χ2n) is 8.84. The number of pyridine rings is 1. The standard InChI is InChI=1S/C29H29N5O5.ClH/c1-3-38-27(36)18-34(21-5-4-14-32-16-21)29(37)39-22-11-12-25-23(15-22)24(17-33(25)2)26(35)13-8-19-6-9-20(10-7-19)28(30)31;/h4-7,9-12,14-17H,3,8,13,18H2,1-2H3,(H3,30,31);1H. The van der Waals surface area contributed by atoms with Crippen LogP contribution in [-0.4, -0.2) is 46.4 Å². The molecule has 0 unspecified atom stereocenters. The highest BCUT2D eigenvalue weighted by Crippen LogP contribution is 2.28. The van der Waals surface area contributed by atoms with Crippen molar-refractivity contribution < 1.29 is 23.9 Å². The van der Waals surface area contributed by atoms with Crippen molar-refractivity contribution in [3.8, 4) is 5.75 Å². The molecule has 3 N–H and O–H groups in total. The first-order valence-electron chi connectivity index (χ1n) is 12.4. The summed E-state index contributed by atoms with van der Waals surface area (Å²) in [5.74, 6) is -0.417. The average Bonchev–Trinajstić information content (AvgIpc) is 3.26. The number of nitrogens with one attached hydrogen (secondary N) is 1. The molecule has 0 fully saturated rings. The molecule has 2 aromatic carbocycles. The van der Waals surface area contributed by atoms with Crippen LogP contribution in [0.5, 0.6) is 5.75 Å². The van der Waals surface area contributed by atoms with Crippen molar-refractivity contribution in [3.05, 3.63) is 89.9 Å². The Balaban J connectivity index is 0.00000441. The number of anilines is 1. The number of hydrogen-bond donors (Lipinski definition) is 2. The summed E-state index contributed by atoms with van der Waals surface area (Å²) >= 11 is 0. The molecule has 2 heterocycles. The highest BCUT2D eigenvalue weighted by molar-refractivity contribution is 6.08. The fourth-order valence-electron chi connectivity index (χ4n) is 4.17. The number of Topliss-reactive ketones (excluding diaryl/α,β-unsaturated/α-hetero) is 1. The average molecular weight is 564 g/mol. The Morgan fingerprint density at radius 2 is 1.85 bits per heavy atom. The second kappa shape index (κ2) is 13.4. The van der Waals surface area contributed by atoms with Gasteiger partial charge in [0, 0.05) is 47.9 Å². The number of ketones is 1. The molecule has 208 valence electrons. The van der Waals surface area contributed by atoms with Crippen LogP contribution in [0.15, 0.2) is 73.2 Å². The smallest absolute Gasteiger partial charge is 0.420 e. The molecule has 4 aromatic rings. The number of nitrogens with two attached hydrogens (primary N) is 1. The van der Waals surface area contributed by atoms with Crippen LogP contribution in [-0.2, 0) is 23.0 Å². The third-order valence-electron chi connectivity index (χ3n) is 6.14. The molecule has 0 radical (unpaired) electrons. The minimum atomic E-state index is -0.784. The zero-order chi connectivity index (χ0) is 27.9. The zero-order valence-electron chi connectivity index (χ0n) is 22.1.